The number of hydrogen-bond donors (Lipinski definition) is 3. The van der Waals surface area contributed by atoms with Gasteiger partial charge in [-0.25, -0.2) is 4.79 Å². The van der Waals surface area contributed by atoms with Crippen LogP contribution in [0.3, 0.4) is 0 Å². The number of aromatic nitrogens is 3. The predicted molar refractivity (Wildman–Crippen MR) is 77.2 cm³/mol. The lowest BCUT2D eigenvalue weighted by atomic mass is 10.0. The Balaban J connectivity index is 1.85. The number of H-pyrrole nitrogens is 1. The molecule has 0 spiro atoms. The zero-order chi connectivity index (χ0) is 14.9. The number of pyridine rings is 1. The van der Waals surface area contributed by atoms with Gasteiger partial charge in [0.25, 0.3) is 0 Å². The lowest BCUT2D eigenvalue weighted by molar-refractivity contribution is 0.0270. The van der Waals surface area contributed by atoms with Gasteiger partial charge in [-0.2, -0.15) is 0 Å². The van der Waals surface area contributed by atoms with Crippen molar-refractivity contribution in [3.63, 3.8) is 0 Å². The molecular weight excluding hydrogens is 270 g/mol. The van der Waals surface area contributed by atoms with E-state index in [1.165, 1.54) is 4.57 Å². The van der Waals surface area contributed by atoms with Gasteiger partial charge in [0.15, 0.2) is 0 Å². The van der Waals surface area contributed by atoms with E-state index in [1.807, 2.05) is 12.1 Å². The molecule has 2 heterocycles. The SMILES string of the molecule is O=c1[nH]c(Cc2ccncc2)c(O)n1CC1(O)CCCC1. The molecule has 1 saturated carbocycles. The number of aromatic amines is 1. The number of nitrogens with one attached hydrogen (secondary N) is 1. The Labute approximate surface area is 122 Å². The molecule has 0 amide bonds. The predicted octanol–water partition coefficient (Wildman–Crippen LogP) is 1.17. The van der Waals surface area contributed by atoms with Gasteiger partial charge < -0.3 is 15.2 Å². The van der Waals surface area contributed by atoms with Crippen molar-refractivity contribution in [3.05, 3.63) is 46.3 Å². The zero-order valence-corrected chi connectivity index (χ0v) is 11.7. The summed E-state index contributed by atoms with van der Waals surface area (Å²) in [6, 6.07) is 3.67. The van der Waals surface area contributed by atoms with Crippen LogP contribution in [0.15, 0.2) is 29.3 Å². The van der Waals surface area contributed by atoms with Crippen molar-refractivity contribution in [1.29, 1.82) is 0 Å². The van der Waals surface area contributed by atoms with Gasteiger partial charge >= 0.3 is 5.69 Å². The molecular formula is C15H19N3O3. The maximum absolute atomic E-state index is 12.0. The molecule has 112 valence electrons. The molecule has 21 heavy (non-hydrogen) atoms. The molecule has 1 aliphatic carbocycles. The first-order valence-electron chi connectivity index (χ1n) is 7.19. The van der Waals surface area contributed by atoms with E-state index < -0.39 is 5.60 Å². The molecule has 0 atom stereocenters. The van der Waals surface area contributed by atoms with Crippen molar-refractivity contribution in [3.8, 4) is 5.88 Å². The Morgan fingerprint density at radius 1 is 1.29 bits per heavy atom. The smallest absolute Gasteiger partial charge is 0.328 e. The fourth-order valence-corrected chi connectivity index (χ4v) is 2.97. The summed E-state index contributed by atoms with van der Waals surface area (Å²) in [4.78, 5) is 18.6. The molecule has 6 heteroatoms. The molecule has 3 N–H and O–H groups in total. The molecule has 0 radical (unpaired) electrons. The Kier molecular flexibility index (Phi) is 3.55. The molecule has 0 aliphatic heterocycles. The molecule has 6 nitrogen and oxygen atoms in total. The van der Waals surface area contributed by atoms with Gasteiger partial charge in [0.2, 0.25) is 5.88 Å². The van der Waals surface area contributed by atoms with E-state index in [-0.39, 0.29) is 18.1 Å². The molecule has 2 aromatic rings. The molecule has 0 saturated heterocycles. The van der Waals surface area contributed by atoms with Crippen molar-refractivity contribution in [2.24, 2.45) is 0 Å². The van der Waals surface area contributed by atoms with Crippen LogP contribution < -0.4 is 5.69 Å². The average Bonchev–Trinajstić information content (AvgIpc) is 3.00. The van der Waals surface area contributed by atoms with Gasteiger partial charge in [-0.1, -0.05) is 12.8 Å². The standard InChI is InChI=1S/C15H19N3O3/c19-13-12(9-11-3-7-16-8-4-11)17-14(20)18(13)10-15(21)5-1-2-6-15/h3-4,7-8,19,21H,1-2,5-6,9-10H2,(H,17,20). The molecule has 1 fully saturated rings. The minimum absolute atomic E-state index is 0.0860. The van der Waals surface area contributed by atoms with Crippen molar-refractivity contribution in [2.75, 3.05) is 0 Å². The van der Waals surface area contributed by atoms with E-state index in [2.05, 4.69) is 9.97 Å². The van der Waals surface area contributed by atoms with Crippen molar-refractivity contribution < 1.29 is 10.2 Å². The minimum Gasteiger partial charge on any atom is -0.493 e. The van der Waals surface area contributed by atoms with Crippen molar-refractivity contribution >= 4 is 0 Å². The van der Waals surface area contributed by atoms with E-state index >= 15 is 0 Å². The lowest BCUT2D eigenvalue weighted by Crippen LogP contribution is -2.34. The summed E-state index contributed by atoms with van der Waals surface area (Å²) in [6.45, 7) is 0.143. The first kappa shape index (κ1) is 13.9. The average molecular weight is 289 g/mol. The first-order chi connectivity index (χ1) is 10.1. The van der Waals surface area contributed by atoms with Crippen LogP contribution in [0.2, 0.25) is 0 Å². The monoisotopic (exact) mass is 289 g/mol. The van der Waals surface area contributed by atoms with E-state index in [4.69, 9.17) is 0 Å². The zero-order valence-electron chi connectivity index (χ0n) is 11.7. The van der Waals surface area contributed by atoms with Crippen molar-refractivity contribution in [1.82, 2.24) is 14.5 Å². The summed E-state index contributed by atoms with van der Waals surface area (Å²) < 4.78 is 1.24. The number of hydrogen-bond acceptors (Lipinski definition) is 4. The third-order valence-corrected chi connectivity index (χ3v) is 4.15. The van der Waals surface area contributed by atoms with Crippen molar-refractivity contribution in [2.45, 2.75) is 44.2 Å². The van der Waals surface area contributed by atoms with Crippen LogP contribution in [-0.4, -0.2) is 30.3 Å². The molecule has 3 rings (SSSR count). The fourth-order valence-electron chi connectivity index (χ4n) is 2.97. The highest BCUT2D eigenvalue weighted by atomic mass is 16.3. The highest BCUT2D eigenvalue weighted by Crippen LogP contribution is 2.32. The maximum atomic E-state index is 12.0. The van der Waals surface area contributed by atoms with E-state index in [0.717, 1.165) is 18.4 Å². The Morgan fingerprint density at radius 2 is 1.95 bits per heavy atom. The number of imidazole rings is 1. The summed E-state index contributed by atoms with van der Waals surface area (Å²) in [7, 11) is 0. The lowest BCUT2D eigenvalue weighted by Gasteiger charge is -2.22. The van der Waals surface area contributed by atoms with E-state index in [1.54, 1.807) is 12.4 Å². The highest BCUT2D eigenvalue weighted by Gasteiger charge is 2.33. The second-order valence-electron chi connectivity index (χ2n) is 5.78. The van der Waals surface area contributed by atoms with Gasteiger partial charge in [0.05, 0.1) is 17.8 Å². The third kappa shape index (κ3) is 2.85. The van der Waals surface area contributed by atoms with Gasteiger partial charge in [-0.15, -0.1) is 0 Å². The Bertz CT molecular complexity index is 669. The van der Waals surface area contributed by atoms with E-state index in [0.29, 0.717) is 25.0 Å². The first-order valence-corrected chi connectivity index (χ1v) is 7.19. The Morgan fingerprint density at radius 3 is 2.62 bits per heavy atom. The summed E-state index contributed by atoms with van der Waals surface area (Å²) in [6.07, 6.45) is 7.02. The maximum Gasteiger partial charge on any atom is 0.328 e. The molecule has 2 aromatic heterocycles. The number of aliphatic hydroxyl groups is 1. The van der Waals surface area contributed by atoms with Gasteiger partial charge in [-0.05, 0) is 30.5 Å². The fraction of sp³-hybridized carbons (Fsp3) is 0.467. The van der Waals surface area contributed by atoms with Gasteiger partial charge in [0.1, 0.15) is 0 Å². The summed E-state index contributed by atoms with van der Waals surface area (Å²) in [5, 5.41) is 20.7. The number of rotatable bonds is 4. The van der Waals surface area contributed by atoms with Crippen LogP contribution in [0, 0.1) is 0 Å². The van der Waals surface area contributed by atoms with Crippen LogP contribution in [0.1, 0.15) is 36.9 Å². The summed E-state index contributed by atoms with van der Waals surface area (Å²) >= 11 is 0. The van der Waals surface area contributed by atoms with Crippen LogP contribution in [0.5, 0.6) is 5.88 Å². The van der Waals surface area contributed by atoms with Crippen LogP contribution in [0.25, 0.3) is 0 Å². The summed E-state index contributed by atoms with van der Waals surface area (Å²) in [5.74, 6) is -0.0860. The second kappa shape index (κ2) is 5.37. The molecule has 0 unspecified atom stereocenters. The van der Waals surface area contributed by atoms with Crippen LogP contribution in [0.4, 0.5) is 0 Å². The minimum atomic E-state index is -0.878. The quantitative estimate of drug-likeness (QED) is 0.788. The third-order valence-electron chi connectivity index (χ3n) is 4.15. The Hall–Kier alpha value is -2.08. The van der Waals surface area contributed by atoms with Crippen LogP contribution in [-0.2, 0) is 13.0 Å². The molecule has 0 aromatic carbocycles. The van der Waals surface area contributed by atoms with Gasteiger partial charge in [-0.3, -0.25) is 9.55 Å². The largest absolute Gasteiger partial charge is 0.493 e. The van der Waals surface area contributed by atoms with Gasteiger partial charge in [0, 0.05) is 18.8 Å². The number of nitrogens with zero attached hydrogens (tertiary/aromatic N) is 2. The normalized spacial score (nSPS) is 17.2. The summed E-state index contributed by atoms with van der Waals surface area (Å²) in [5.41, 5.74) is 0.162. The highest BCUT2D eigenvalue weighted by molar-refractivity contribution is 5.26. The molecule has 1 aliphatic rings. The van der Waals surface area contributed by atoms with E-state index in [9.17, 15) is 15.0 Å². The number of aromatic hydroxyl groups is 1. The van der Waals surface area contributed by atoms with Crippen LogP contribution >= 0.6 is 0 Å². The molecule has 0 bridgehead atoms. The second-order valence-corrected chi connectivity index (χ2v) is 5.78. The topological polar surface area (TPSA) is 91.1 Å².